The maximum Gasteiger partial charge on any atom is 0.0640 e. The monoisotopic (exact) mass is 735 g/mol. The molecule has 0 fully saturated rings. The minimum Gasteiger partial charge on any atom is -0.309 e. The maximum absolute atomic E-state index is 2.44. The second-order valence-corrected chi connectivity index (χ2v) is 16.2. The van der Waals surface area contributed by atoms with Crippen LogP contribution in [0.15, 0.2) is 200 Å². The molecule has 11 aromatic rings. The molecule has 0 unspecified atom stereocenters. The van der Waals surface area contributed by atoms with E-state index in [9.17, 15) is 0 Å². The molecule has 258 valence electrons. The Morgan fingerprint density at radius 3 is 1.78 bits per heavy atom. The average Bonchev–Trinajstić information content (AvgIpc) is 3.83. The third kappa shape index (κ3) is 5.51. The van der Waals surface area contributed by atoms with E-state index in [1.54, 1.807) is 0 Å². The molecule has 0 amide bonds. The highest BCUT2D eigenvalue weighted by Crippen LogP contribution is 2.46. The van der Waals surface area contributed by atoms with Gasteiger partial charge in [0.2, 0.25) is 0 Å². The zero-order chi connectivity index (χ0) is 36.3. The van der Waals surface area contributed by atoms with Crippen molar-refractivity contribution in [2.75, 3.05) is 4.90 Å². The lowest BCUT2D eigenvalue weighted by Crippen LogP contribution is -2.10. The van der Waals surface area contributed by atoms with Gasteiger partial charge >= 0.3 is 0 Å². The minimum absolute atomic E-state index is 1.12. The molecule has 0 bridgehead atoms. The smallest absolute Gasteiger partial charge is 0.0640 e. The molecule has 0 aliphatic heterocycles. The van der Waals surface area contributed by atoms with Gasteiger partial charge in [0.15, 0.2) is 0 Å². The molecule has 0 saturated heterocycles. The van der Waals surface area contributed by atoms with Crippen molar-refractivity contribution in [1.29, 1.82) is 0 Å². The van der Waals surface area contributed by atoms with E-state index in [4.69, 9.17) is 0 Å². The van der Waals surface area contributed by atoms with E-state index in [1.165, 1.54) is 90.2 Å². The summed E-state index contributed by atoms with van der Waals surface area (Å²) in [6.45, 7) is 0. The molecule has 0 N–H and O–H groups in total. The van der Waals surface area contributed by atoms with Gasteiger partial charge in [-0.2, -0.15) is 0 Å². The van der Waals surface area contributed by atoms with Crippen molar-refractivity contribution in [2.24, 2.45) is 0 Å². The van der Waals surface area contributed by atoms with Gasteiger partial charge in [0.05, 0.1) is 10.4 Å². The number of thiophene rings is 2. The van der Waals surface area contributed by atoms with Gasteiger partial charge in [-0.05, 0) is 98.8 Å². The minimum atomic E-state index is 1.12. The van der Waals surface area contributed by atoms with Gasteiger partial charge in [-0.25, -0.2) is 0 Å². The standard InChI is InChI=1S/C52H33NS2/c1-2-11-34(12-3-1)38-24-23-35-13-9-18-42(47(35)32-38)36-25-28-40(29-26-36)53(48-20-10-19-46-44-17-5-7-22-50(44)55-52(46)48)41-15-8-14-37(31-41)39-27-30-45-43-16-4-6-21-49(43)54-51(45)33-39/h1-33H. The molecule has 1 nitrogen and oxygen atoms in total. The molecule has 0 saturated carbocycles. The number of hydrogen-bond donors (Lipinski definition) is 0. The van der Waals surface area contributed by atoms with Crippen LogP contribution in [0.1, 0.15) is 0 Å². The first-order chi connectivity index (χ1) is 27.2. The molecule has 2 aromatic heterocycles. The second kappa shape index (κ2) is 13.1. The first kappa shape index (κ1) is 32.0. The molecule has 0 aliphatic rings. The highest BCUT2D eigenvalue weighted by molar-refractivity contribution is 7.26. The van der Waals surface area contributed by atoms with Gasteiger partial charge in [-0.3, -0.25) is 0 Å². The largest absolute Gasteiger partial charge is 0.309 e. The molecule has 9 aromatic carbocycles. The van der Waals surface area contributed by atoms with E-state index in [2.05, 4.69) is 205 Å². The molecule has 0 spiro atoms. The van der Waals surface area contributed by atoms with Gasteiger partial charge in [-0.1, -0.05) is 146 Å². The number of anilines is 3. The van der Waals surface area contributed by atoms with Gasteiger partial charge in [0, 0.05) is 47.0 Å². The third-order valence-corrected chi connectivity index (χ3v) is 13.2. The summed E-state index contributed by atoms with van der Waals surface area (Å²) in [6, 6.07) is 73.4. The Morgan fingerprint density at radius 2 is 0.927 bits per heavy atom. The molecule has 55 heavy (non-hydrogen) atoms. The Bertz CT molecular complexity index is 3210. The number of benzene rings is 9. The lowest BCUT2D eigenvalue weighted by Gasteiger charge is -2.27. The highest BCUT2D eigenvalue weighted by Gasteiger charge is 2.19. The molecular formula is C52H33NS2. The summed E-state index contributed by atoms with van der Waals surface area (Å²) in [5.74, 6) is 0. The molecule has 0 radical (unpaired) electrons. The third-order valence-electron chi connectivity index (χ3n) is 10.9. The maximum atomic E-state index is 2.44. The Morgan fingerprint density at radius 1 is 0.309 bits per heavy atom. The van der Waals surface area contributed by atoms with Crippen LogP contribution in [0.5, 0.6) is 0 Å². The van der Waals surface area contributed by atoms with Crippen LogP contribution in [-0.2, 0) is 0 Å². The van der Waals surface area contributed by atoms with Crippen LogP contribution < -0.4 is 4.90 Å². The fourth-order valence-corrected chi connectivity index (χ4v) is 10.5. The lowest BCUT2D eigenvalue weighted by molar-refractivity contribution is 1.30. The fourth-order valence-electron chi connectivity index (χ4n) is 8.19. The van der Waals surface area contributed by atoms with Crippen molar-refractivity contribution in [2.45, 2.75) is 0 Å². The van der Waals surface area contributed by atoms with E-state index < -0.39 is 0 Å². The van der Waals surface area contributed by atoms with E-state index in [-0.39, 0.29) is 0 Å². The number of nitrogens with zero attached hydrogens (tertiary/aromatic N) is 1. The second-order valence-electron chi connectivity index (χ2n) is 14.1. The van der Waals surface area contributed by atoms with E-state index in [0.29, 0.717) is 0 Å². The Labute approximate surface area is 327 Å². The van der Waals surface area contributed by atoms with Crippen LogP contribution in [0, 0.1) is 0 Å². The SMILES string of the molecule is c1ccc(-c2ccc3cccc(-c4ccc(N(c5cccc(-c6ccc7c(c6)sc6ccccc67)c5)c5cccc6c5sc5ccccc56)cc4)c3c2)cc1. The zero-order valence-electron chi connectivity index (χ0n) is 29.8. The van der Waals surface area contributed by atoms with Crippen LogP contribution in [-0.4, -0.2) is 0 Å². The van der Waals surface area contributed by atoms with Crippen molar-refractivity contribution < 1.29 is 0 Å². The zero-order valence-corrected chi connectivity index (χ0v) is 31.4. The Kier molecular flexibility index (Phi) is 7.61. The summed E-state index contributed by atoms with van der Waals surface area (Å²) in [7, 11) is 0. The highest BCUT2D eigenvalue weighted by atomic mass is 32.1. The summed E-state index contributed by atoms with van der Waals surface area (Å²) >= 11 is 3.74. The first-order valence-corrected chi connectivity index (χ1v) is 20.3. The topological polar surface area (TPSA) is 3.24 Å². The Balaban J connectivity index is 1.05. The van der Waals surface area contributed by atoms with Crippen LogP contribution in [0.3, 0.4) is 0 Å². The molecule has 2 heterocycles. The van der Waals surface area contributed by atoms with Gasteiger partial charge in [-0.15, -0.1) is 22.7 Å². The van der Waals surface area contributed by atoms with Crippen molar-refractivity contribution in [3.63, 3.8) is 0 Å². The Hall–Kier alpha value is -6.52. The summed E-state index contributed by atoms with van der Waals surface area (Å²) in [4.78, 5) is 2.44. The number of fused-ring (bicyclic) bond motifs is 7. The van der Waals surface area contributed by atoms with Crippen molar-refractivity contribution in [3.05, 3.63) is 200 Å². The molecule has 0 atom stereocenters. The van der Waals surface area contributed by atoms with Crippen LogP contribution >= 0.6 is 22.7 Å². The molecule has 0 aliphatic carbocycles. The van der Waals surface area contributed by atoms with Crippen molar-refractivity contribution >= 4 is 90.9 Å². The molecule has 11 rings (SSSR count). The van der Waals surface area contributed by atoms with Gasteiger partial charge < -0.3 is 4.90 Å². The van der Waals surface area contributed by atoms with E-state index in [1.807, 2.05) is 22.7 Å². The van der Waals surface area contributed by atoms with E-state index in [0.717, 1.165) is 11.4 Å². The number of hydrogen-bond acceptors (Lipinski definition) is 3. The van der Waals surface area contributed by atoms with Gasteiger partial charge in [0.25, 0.3) is 0 Å². The van der Waals surface area contributed by atoms with Crippen LogP contribution in [0.4, 0.5) is 17.1 Å². The first-order valence-electron chi connectivity index (χ1n) is 18.7. The summed E-state index contributed by atoms with van der Waals surface area (Å²) in [5, 5.41) is 7.74. The van der Waals surface area contributed by atoms with Crippen LogP contribution in [0.2, 0.25) is 0 Å². The van der Waals surface area contributed by atoms with Crippen LogP contribution in [0.25, 0.3) is 84.5 Å². The predicted octanol–water partition coefficient (Wildman–Crippen LogP) is 16.0. The quantitative estimate of drug-likeness (QED) is 0.164. The molecule has 3 heteroatoms. The summed E-state index contributed by atoms with van der Waals surface area (Å²) in [5.41, 5.74) is 10.7. The van der Waals surface area contributed by atoms with Crippen molar-refractivity contribution in [3.8, 4) is 33.4 Å². The number of rotatable bonds is 6. The summed E-state index contributed by atoms with van der Waals surface area (Å²) < 4.78 is 5.23. The summed E-state index contributed by atoms with van der Waals surface area (Å²) in [6.07, 6.45) is 0. The normalized spacial score (nSPS) is 11.6. The van der Waals surface area contributed by atoms with Gasteiger partial charge in [0.1, 0.15) is 0 Å². The molecular weight excluding hydrogens is 703 g/mol. The fraction of sp³-hybridized carbons (Fsp3) is 0. The van der Waals surface area contributed by atoms with E-state index >= 15 is 0 Å². The predicted molar refractivity (Wildman–Crippen MR) is 241 cm³/mol. The lowest BCUT2D eigenvalue weighted by atomic mass is 9.94. The van der Waals surface area contributed by atoms with Crippen molar-refractivity contribution in [1.82, 2.24) is 0 Å². The average molecular weight is 736 g/mol.